The summed E-state index contributed by atoms with van der Waals surface area (Å²) in [6.07, 6.45) is 1.59. The maximum absolute atomic E-state index is 12.3. The van der Waals surface area contributed by atoms with Crippen LogP contribution in [0.25, 0.3) is 0 Å². The summed E-state index contributed by atoms with van der Waals surface area (Å²) < 4.78 is 10.7. The van der Waals surface area contributed by atoms with Crippen LogP contribution in [-0.4, -0.2) is 50.2 Å². The number of hydrogen-bond acceptors (Lipinski definition) is 5. The standard InChI is InChI=1S/C18H25N3O4/c1-12(14-3-4-15-16(9-14)25-11-24-15)20-17(22)10-21-7-5-13(6-8-21)18(23)19-2/h3-4,9,12-13H,5-8,10-11H2,1-2H3,(H,19,23)(H,20,22)/t12-/m1/s1. The van der Waals surface area contributed by atoms with Gasteiger partial charge in [0.15, 0.2) is 11.5 Å². The van der Waals surface area contributed by atoms with E-state index in [9.17, 15) is 9.59 Å². The summed E-state index contributed by atoms with van der Waals surface area (Å²) in [6, 6.07) is 5.60. The number of amides is 2. The van der Waals surface area contributed by atoms with Gasteiger partial charge in [-0.15, -0.1) is 0 Å². The van der Waals surface area contributed by atoms with E-state index in [1.54, 1.807) is 7.05 Å². The molecular weight excluding hydrogens is 322 g/mol. The van der Waals surface area contributed by atoms with Crippen molar-refractivity contribution in [2.24, 2.45) is 5.92 Å². The molecule has 7 heteroatoms. The second kappa shape index (κ2) is 7.74. The average Bonchev–Trinajstić information content (AvgIpc) is 3.09. The van der Waals surface area contributed by atoms with Crippen molar-refractivity contribution in [3.63, 3.8) is 0 Å². The highest BCUT2D eigenvalue weighted by Gasteiger charge is 2.25. The first-order valence-corrected chi connectivity index (χ1v) is 8.69. The number of carbonyl (C=O) groups excluding carboxylic acids is 2. The van der Waals surface area contributed by atoms with Gasteiger partial charge in [-0.3, -0.25) is 14.5 Å². The molecule has 0 saturated carbocycles. The van der Waals surface area contributed by atoms with Crippen LogP contribution in [0.2, 0.25) is 0 Å². The van der Waals surface area contributed by atoms with Gasteiger partial charge in [0.2, 0.25) is 18.6 Å². The molecule has 0 radical (unpaired) electrons. The zero-order valence-corrected chi connectivity index (χ0v) is 14.7. The molecule has 1 aromatic carbocycles. The SMILES string of the molecule is CNC(=O)C1CCN(CC(=O)N[C@H](C)c2ccc3c(c2)OCO3)CC1. The summed E-state index contributed by atoms with van der Waals surface area (Å²) in [7, 11) is 1.67. The van der Waals surface area contributed by atoms with Gasteiger partial charge in [0.05, 0.1) is 12.6 Å². The molecular formula is C18H25N3O4. The molecule has 2 aliphatic heterocycles. The van der Waals surface area contributed by atoms with E-state index in [0.29, 0.717) is 6.54 Å². The van der Waals surface area contributed by atoms with Crippen LogP contribution in [0.3, 0.4) is 0 Å². The Morgan fingerprint density at radius 1 is 1.24 bits per heavy atom. The summed E-state index contributed by atoms with van der Waals surface area (Å²) in [5, 5.41) is 5.72. The van der Waals surface area contributed by atoms with Crippen LogP contribution in [0.15, 0.2) is 18.2 Å². The Morgan fingerprint density at radius 3 is 2.68 bits per heavy atom. The van der Waals surface area contributed by atoms with Crippen LogP contribution in [-0.2, 0) is 9.59 Å². The number of carbonyl (C=O) groups is 2. The molecule has 2 heterocycles. The lowest BCUT2D eigenvalue weighted by atomic mass is 9.96. The molecule has 1 atom stereocenters. The lowest BCUT2D eigenvalue weighted by molar-refractivity contribution is -0.126. The van der Waals surface area contributed by atoms with Gasteiger partial charge >= 0.3 is 0 Å². The minimum atomic E-state index is -0.106. The van der Waals surface area contributed by atoms with E-state index in [1.165, 1.54) is 0 Å². The molecule has 0 aromatic heterocycles. The van der Waals surface area contributed by atoms with Gasteiger partial charge in [-0.1, -0.05) is 6.07 Å². The second-order valence-corrected chi connectivity index (χ2v) is 6.57. The normalized spacial score (nSPS) is 18.6. The van der Waals surface area contributed by atoms with Crippen molar-refractivity contribution >= 4 is 11.8 Å². The molecule has 2 N–H and O–H groups in total. The van der Waals surface area contributed by atoms with Crippen LogP contribution in [0.4, 0.5) is 0 Å². The van der Waals surface area contributed by atoms with Gasteiger partial charge < -0.3 is 20.1 Å². The molecule has 25 heavy (non-hydrogen) atoms. The fourth-order valence-electron chi connectivity index (χ4n) is 3.31. The number of fused-ring (bicyclic) bond motifs is 1. The number of hydrogen-bond donors (Lipinski definition) is 2. The largest absolute Gasteiger partial charge is 0.454 e. The van der Waals surface area contributed by atoms with Crippen LogP contribution < -0.4 is 20.1 Å². The van der Waals surface area contributed by atoms with Gasteiger partial charge in [-0.05, 0) is 50.6 Å². The third-order valence-corrected chi connectivity index (χ3v) is 4.85. The monoisotopic (exact) mass is 347 g/mol. The second-order valence-electron chi connectivity index (χ2n) is 6.57. The Bertz CT molecular complexity index is 641. The number of nitrogens with one attached hydrogen (secondary N) is 2. The number of benzene rings is 1. The third kappa shape index (κ3) is 4.22. The number of rotatable bonds is 5. The van der Waals surface area contributed by atoms with Crippen LogP contribution >= 0.6 is 0 Å². The first kappa shape index (κ1) is 17.5. The van der Waals surface area contributed by atoms with Gasteiger partial charge in [0.1, 0.15) is 0 Å². The summed E-state index contributed by atoms with van der Waals surface area (Å²) >= 11 is 0. The van der Waals surface area contributed by atoms with Gasteiger partial charge in [0.25, 0.3) is 0 Å². The average molecular weight is 347 g/mol. The fourth-order valence-corrected chi connectivity index (χ4v) is 3.31. The minimum Gasteiger partial charge on any atom is -0.454 e. The van der Waals surface area contributed by atoms with Gasteiger partial charge in [-0.2, -0.15) is 0 Å². The highest BCUT2D eigenvalue weighted by Crippen LogP contribution is 2.34. The van der Waals surface area contributed by atoms with Crippen molar-refractivity contribution in [2.75, 3.05) is 33.5 Å². The molecule has 136 valence electrons. The Kier molecular flexibility index (Phi) is 5.43. The summed E-state index contributed by atoms with van der Waals surface area (Å²) in [4.78, 5) is 26.1. The summed E-state index contributed by atoms with van der Waals surface area (Å²) in [5.41, 5.74) is 0.982. The molecule has 0 spiro atoms. The van der Waals surface area contributed by atoms with Crippen molar-refractivity contribution in [1.82, 2.24) is 15.5 Å². The summed E-state index contributed by atoms with van der Waals surface area (Å²) in [6.45, 7) is 4.09. The predicted molar refractivity (Wildman–Crippen MR) is 92.4 cm³/mol. The smallest absolute Gasteiger partial charge is 0.234 e. The number of ether oxygens (including phenoxy) is 2. The number of nitrogens with zero attached hydrogens (tertiary/aromatic N) is 1. The first-order chi connectivity index (χ1) is 12.1. The Morgan fingerprint density at radius 2 is 1.96 bits per heavy atom. The lowest BCUT2D eigenvalue weighted by Crippen LogP contribution is -2.44. The van der Waals surface area contributed by atoms with Crippen LogP contribution in [0.5, 0.6) is 11.5 Å². The zero-order chi connectivity index (χ0) is 17.8. The van der Waals surface area contributed by atoms with E-state index in [1.807, 2.05) is 25.1 Å². The molecule has 1 fully saturated rings. The Hall–Kier alpha value is -2.28. The lowest BCUT2D eigenvalue weighted by Gasteiger charge is -2.30. The van der Waals surface area contributed by atoms with Crippen LogP contribution in [0.1, 0.15) is 31.4 Å². The topological polar surface area (TPSA) is 79.9 Å². The Balaban J connectivity index is 1.47. The highest BCUT2D eigenvalue weighted by atomic mass is 16.7. The molecule has 2 aliphatic rings. The molecule has 0 unspecified atom stereocenters. The highest BCUT2D eigenvalue weighted by molar-refractivity contribution is 5.79. The van der Waals surface area contributed by atoms with E-state index in [-0.39, 0.29) is 30.6 Å². The molecule has 7 nitrogen and oxygen atoms in total. The van der Waals surface area contributed by atoms with Crippen molar-refractivity contribution in [1.29, 1.82) is 0 Å². The quantitative estimate of drug-likeness (QED) is 0.832. The molecule has 2 amide bonds. The number of piperidine rings is 1. The molecule has 1 aromatic rings. The molecule has 3 rings (SSSR count). The minimum absolute atomic E-state index is 0.0106. The molecule has 1 saturated heterocycles. The Labute approximate surface area is 147 Å². The van der Waals surface area contributed by atoms with E-state index in [4.69, 9.17) is 9.47 Å². The van der Waals surface area contributed by atoms with Crippen molar-refractivity contribution in [3.05, 3.63) is 23.8 Å². The first-order valence-electron chi connectivity index (χ1n) is 8.69. The fraction of sp³-hybridized carbons (Fsp3) is 0.556. The molecule has 0 aliphatic carbocycles. The van der Waals surface area contributed by atoms with E-state index < -0.39 is 0 Å². The molecule has 0 bridgehead atoms. The number of likely N-dealkylation sites (tertiary alicyclic amines) is 1. The van der Waals surface area contributed by atoms with Crippen molar-refractivity contribution in [2.45, 2.75) is 25.8 Å². The van der Waals surface area contributed by atoms with Crippen LogP contribution in [0, 0.1) is 5.92 Å². The van der Waals surface area contributed by atoms with Gasteiger partial charge in [-0.25, -0.2) is 0 Å². The maximum atomic E-state index is 12.3. The van der Waals surface area contributed by atoms with E-state index in [0.717, 1.165) is 43.0 Å². The third-order valence-electron chi connectivity index (χ3n) is 4.85. The zero-order valence-electron chi connectivity index (χ0n) is 14.7. The predicted octanol–water partition coefficient (Wildman–Crippen LogP) is 1.05. The van der Waals surface area contributed by atoms with Crippen molar-refractivity contribution < 1.29 is 19.1 Å². The van der Waals surface area contributed by atoms with Gasteiger partial charge in [0, 0.05) is 13.0 Å². The van der Waals surface area contributed by atoms with E-state index >= 15 is 0 Å². The van der Waals surface area contributed by atoms with Crippen molar-refractivity contribution in [3.8, 4) is 11.5 Å². The van der Waals surface area contributed by atoms with E-state index in [2.05, 4.69) is 15.5 Å². The maximum Gasteiger partial charge on any atom is 0.234 e. The summed E-state index contributed by atoms with van der Waals surface area (Å²) in [5.74, 6) is 1.61.